The number of anilines is 1. The first-order valence-corrected chi connectivity index (χ1v) is 3.18. The number of halogens is 3. The Morgan fingerprint density at radius 3 is 2.62 bits per heavy atom. The average Bonchev–Trinajstić information content (AvgIpc) is 2.01. The second kappa shape index (κ2) is 3.48. The van der Waals surface area contributed by atoms with Crippen LogP contribution in [0.5, 0.6) is 5.75 Å². The lowest BCUT2D eigenvalue weighted by Crippen LogP contribution is -2.17. The smallest absolute Gasteiger partial charge is 0.404 e. The summed E-state index contributed by atoms with van der Waals surface area (Å²) in [6.45, 7) is 0. The van der Waals surface area contributed by atoms with Gasteiger partial charge in [-0.25, -0.2) is 0 Å². The predicted molar refractivity (Wildman–Crippen MR) is 38.7 cm³/mol. The summed E-state index contributed by atoms with van der Waals surface area (Å²) in [7, 11) is 0. The first-order valence-electron chi connectivity index (χ1n) is 3.18. The first-order chi connectivity index (χ1) is 6.01. The van der Waals surface area contributed by atoms with Gasteiger partial charge >= 0.3 is 6.36 Å². The maximum Gasteiger partial charge on any atom is 0.573 e. The van der Waals surface area contributed by atoms with Gasteiger partial charge in [0.05, 0.1) is 18.1 Å². The Balaban J connectivity index is 2.78. The van der Waals surface area contributed by atoms with Crippen LogP contribution in [0.25, 0.3) is 0 Å². The van der Waals surface area contributed by atoms with E-state index < -0.39 is 12.1 Å². The number of aromatic nitrogens is 1. The number of rotatable bonds is 2. The topological polar surface area (TPSA) is 60.2 Å². The lowest BCUT2D eigenvalue weighted by Gasteiger charge is -2.08. The molecule has 1 aromatic rings. The molecule has 1 rings (SSSR count). The van der Waals surface area contributed by atoms with Crippen LogP contribution in [0.4, 0.5) is 18.9 Å². The number of pyridine rings is 1. The molecule has 0 aromatic carbocycles. The van der Waals surface area contributed by atoms with E-state index in [-0.39, 0.29) is 5.69 Å². The van der Waals surface area contributed by atoms with Crippen molar-refractivity contribution >= 4 is 5.69 Å². The van der Waals surface area contributed by atoms with Crippen molar-refractivity contribution in [2.24, 2.45) is 5.84 Å². The van der Waals surface area contributed by atoms with Crippen molar-refractivity contribution < 1.29 is 17.9 Å². The van der Waals surface area contributed by atoms with E-state index >= 15 is 0 Å². The third-order valence-corrected chi connectivity index (χ3v) is 1.11. The Hall–Kier alpha value is -1.50. The van der Waals surface area contributed by atoms with Gasteiger partial charge in [-0.2, -0.15) is 0 Å². The average molecular weight is 193 g/mol. The molecular formula is C6H6F3N3O. The Morgan fingerprint density at radius 1 is 1.38 bits per heavy atom. The number of hydrazine groups is 1. The third kappa shape index (κ3) is 3.16. The molecule has 0 fully saturated rings. The SMILES string of the molecule is NNc1cncc(OC(F)(F)F)c1. The van der Waals surface area contributed by atoms with E-state index in [1.807, 2.05) is 0 Å². The molecule has 1 heterocycles. The van der Waals surface area contributed by atoms with E-state index in [0.717, 1.165) is 12.3 Å². The molecule has 0 aliphatic heterocycles. The summed E-state index contributed by atoms with van der Waals surface area (Å²) in [4.78, 5) is 3.47. The van der Waals surface area contributed by atoms with Crippen molar-refractivity contribution in [3.63, 3.8) is 0 Å². The Morgan fingerprint density at radius 2 is 2.08 bits per heavy atom. The minimum Gasteiger partial charge on any atom is -0.404 e. The first kappa shape index (κ1) is 9.59. The Bertz CT molecular complexity index is 289. The van der Waals surface area contributed by atoms with Gasteiger partial charge in [0.1, 0.15) is 5.75 Å². The molecule has 0 saturated carbocycles. The summed E-state index contributed by atoms with van der Waals surface area (Å²) in [6.07, 6.45) is -2.51. The quantitative estimate of drug-likeness (QED) is 0.548. The third-order valence-electron chi connectivity index (χ3n) is 1.11. The summed E-state index contributed by atoms with van der Waals surface area (Å²) in [5.74, 6) is 4.54. The number of nitrogens with zero attached hydrogens (tertiary/aromatic N) is 1. The van der Waals surface area contributed by atoms with E-state index in [0.29, 0.717) is 0 Å². The number of hydrogen-bond donors (Lipinski definition) is 2. The molecule has 0 atom stereocenters. The summed E-state index contributed by atoms with van der Waals surface area (Å²) in [5.41, 5.74) is 2.38. The van der Waals surface area contributed by atoms with Gasteiger partial charge in [-0.05, 0) is 0 Å². The minimum absolute atomic E-state index is 0.238. The molecule has 72 valence electrons. The second-order valence-electron chi connectivity index (χ2n) is 2.10. The number of nitrogens with one attached hydrogen (secondary N) is 1. The largest absolute Gasteiger partial charge is 0.573 e. The van der Waals surface area contributed by atoms with E-state index in [2.05, 4.69) is 15.1 Å². The van der Waals surface area contributed by atoms with Gasteiger partial charge in [-0.1, -0.05) is 0 Å². The molecule has 0 aliphatic rings. The highest BCUT2D eigenvalue weighted by atomic mass is 19.4. The second-order valence-corrected chi connectivity index (χ2v) is 2.10. The number of alkyl halides is 3. The van der Waals surface area contributed by atoms with Gasteiger partial charge in [0.25, 0.3) is 0 Å². The predicted octanol–water partition coefficient (Wildman–Crippen LogP) is 1.27. The molecule has 13 heavy (non-hydrogen) atoms. The van der Waals surface area contributed by atoms with Crippen molar-refractivity contribution in [1.29, 1.82) is 0 Å². The zero-order valence-corrected chi connectivity index (χ0v) is 6.30. The lowest BCUT2D eigenvalue weighted by atomic mass is 10.4. The van der Waals surface area contributed by atoms with Crippen molar-refractivity contribution in [3.8, 4) is 5.75 Å². The molecule has 0 radical (unpaired) electrons. The molecule has 0 spiro atoms. The molecule has 7 heteroatoms. The standard InChI is InChI=1S/C6H6F3N3O/c7-6(8,9)13-5-1-4(12-10)2-11-3-5/h1-3,12H,10H2. The van der Waals surface area contributed by atoms with Gasteiger partial charge in [-0.15, -0.1) is 13.2 Å². The van der Waals surface area contributed by atoms with Gasteiger partial charge < -0.3 is 10.2 Å². The van der Waals surface area contributed by atoms with Crippen LogP contribution in [0.3, 0.4) is 0 Å². The van der Waals surface area contributed by atoms with Gasteiger partial charge in [0.2, 0.25) is 0 Å². The zero-order chi connectivity index (χ0) is 9.90. The van der Waals surface area contributed by atoms with Crippen molar-refractivity contribution in [3.05, 3.63) is 18.5 Å². The van der Waals surface area contributed by atoms with Crippen LogP contribution in [-0.4, -0.2) is 11.3 Å². The fourth-order valence-electron chi connectivity index (χ4n) is 0.687. The van der Waals surface area contributed by atoms with Crippen LogP contribution in [-0.2, 0) is 0 Å². The molecule has 0 saturated heterocycles. The summed E-state index contributed by atoms with van der Waals surface area (Å²) in [6, 6.07) is 1.08. The van der Waals surface area contributed by atoms with Crippen LogP contribution < -0.4 is 16.0 Å². The molecule has 4 nitrogen and oxygen atoms in total. The Kier molecular flexibility index (Phi) is 2.57. The molecule has 0 unspecified atom stereocenters. The van der Waals surface area contributed by atoms with Crippen molar-refractivity contribution in [2.75, 3.05) is 5.43 Å². The molecule has 0 amide bonds. The van der Waals surface area contributed by atoms with E-state index in [9.17, 15) is 13.2 Å². The highest BCUT2D eigenvalue weighted by Gasteiger charge is 2.31. The summed E-state index contributed by atoms with van der Waals surface area (Å²) in [5, 5.41) is 0. The molecular weight excluding hydrogens is 187 g/mol. The fourth-order valence-corrected chi connectivity index (χ4v) is 0.687. The van der Waals surface area contributed by atoms with E-state index in [1.165, 1.54) is 6.20 Å². The fraction of sp³-hybridized carbons (Fsp3) is 0.167. The minimum atomic E-state index is -4.71. The maximum absolute atomic E-state index is 11.7. The van der Waals surface area contributed by atoms with Gasteiger partial charge in [-0.3, -0.25) is 10.8 Å². The number of nitrogen functional groups attached to an aromatic ring is 1. The number of nitrogens with two attached hydrogens (primary N) is 1. The summed E-state index contributed by atoms with van der Waals surface area (Å²) >= 11 is 0. The van der Waals surface area contributed by atoms with Crippen LogP contribution in [0.15, 0.2) is 18.5 Å². The van der Waals surface area contributed by atoms with Crippen LogP contribution in [0.2, 0.25) is 0 Å². The van der Waals surface area contributed by atoms with Crippen LogP contribution in [0, 0.1) is 0 Å². The highest BCUT2D eigenvalue weighted by molar-refractivity contribution is 5.43. The van der Waals surface area contributed by atoms with E-state index in [4.69, 9.17) is 5.84 Å². The van der Waals surface area contributed by atoms with Crippen molar-refractivity contribution in [2.45, 2.75) is 6.36 Å². The van der Waals surface area contributed by atoms with Crippen LogP contribution in [0.1, 0.15) is 0 Å². The van der Waals surface area contributed by atoms with Gasteiger partial charge in [0, 0.05) is 6.07 Å². The van der Waals surface area contributed by atoms with E-state index in [1.54, 1.807) is 0 Å². The normalized spacial score (nSPS) is 11.1. The van der Waals surface area contributed by atoms with Crippen LogP contribution >= 0.6 is 0 Å². The highest BCUT2D eigenvalue weighted by Crippen LogP contribution is 2.23. The monoisotopic (exact) mass is 193 g/mol. The van der Waals surface area contributed by atoms with Gasteiger partial charge in [0.15, 0.2) is 0 Å². The van der Waals surface area contributed by atoms with Crippen molar-refractivity contribution in [1.82, 2.24) is 4.98 Å². The molecule has 0 aliphatic carbocycles. The molecule has 0 bridgehead atoms. The lowest BCUT2D eigenvalue weighted by molar-refractivity contribution is -0.274. The number of ether oxygens (including phenoxy) is 1. The zero-order valence-electron chi connectivity index (χ0n) is 6.30. The molecule has 3 N–H and O–H groups in total. The number of hydrogen-bond acceptors (Lipinski definition) is 4. The maximum atomic E-state index is 11.7. The molecule has 1 aromatic heterocycles. The Labute approximate surface area is 71.5 Å². The summed E-state index contributed by atoms with van der Waals surface area (Å²) < 4.78 is 38.6.